The van der Waals surface area contributed by atoms with Crippen LogP contribution in [-0.2, 0) is 4.79 Å². The van der Waals surface area contributed by atoms with Crippen molar-refractivity contribution < 1.29 is 4.79 Å². The summed E-state index contributed by atoms with van der Waals surface area (Å²) < 4.78 is 1.86. The van der Waals surface area contributed by atoms with Gasteiger partial charge >= 0.3 is 0 Å². The van der Waals surface area contributed by atoms with E-state index in [1.165, 1.54) is 0 Å². The molecule has 0 bridgehead atoms. The molecule has 5 nitrogen and oxygen atoms in total. The second-order valence-electron chi connectivity index (χ2n) is 4.66. The topological polar surface area (TPSA) is 59.8 Å². The molecule has 102 valence electrons. The van der Waals surface area contributed by atoms with Crippen LogP contribution in [0, 0.1) is 0 Å². The molecule has 0 aliphatic carbocycles. The predicted molar refractivity (Wildman–Crippen MR) is 76.5 cm³/mol. The maximum atomic E-state index is 11.6. The minimum absolute atomic E-state index is 0.0435. The number of nitrogens with zero attached hydrogens (tertiary/aromatic N) is 3. The summed E-state index contributed by atoms with van der Waals surface area (Å²) in [5.74, 6) is 0.448. The first kappa shape index (κ1) is 13.8. The Labute approximate surface area is 117 Å². The highest BCUT2D eigenvalue weighted by atomic mass is 35.5. The third kappa shape index (κ3) is 3.23. The molecular weight excluding hydrogens is 264 g/mol. The van der Waals surface area contributed by atoms with Crippen LogP contribution >= 0.6 is 11.6 Å². The minimum atomic E-state index is -0.0435. The van der Waals surface area contributed by atoms with Crippen LogP contribution in [-0.4, -0.2) is 26.6 Å². The van der Waals surface area contributed by atoms with Crippen LogP contribution in [0.25, 0.3) is 11.0 Å². The van der Waals surface area contributed by atoms with Gasteiger partial charge < -0.3 is 5.32 Å². The summed E-state index contributed by atoms with van der Waals surface area (Å²) >= 11 is 5.56. The van der Waals surface area contributed by atoms with E-state index in [1.54, 1.807) is 12.4 Å². The normalized spacial score (nSPS) is 11.2. The first-order valence-electron chi connectivity index (χ1n) is 6.31. The van der Waals surface area contributed by atoms with Gasteiger partial charge in [0.05, 0.1) is 18.1 Å². The number of carbonyl (C=O) groups excluding carboxylic acids is 1. The van der Waals surface area contributed by atoms with E-state index in [9.17, 15) is 4.79 Å². The minimum Gasteiger partial charge on any atom is -0.325 e. The summed E-state index contributed by atoms with van der Waals surface area (Å²) in [6.07, 6.45) is 4.51. The molecule has 0 spiro atoms. The fourth-order valence-corrected chi connectivity index (χ4v) is 1.97. The lowest BCUT2D eigenvalue weighted by atomic mass is 10.3. The summed E-state index contributed by atoms with van der Waals surface area (Å²) in [6.45, 7) is 4.10. The molecule has 2 heterocycles. The standard InChI is InChI=1S/C13H17ClN4O/c1-9(2)18-13-10(7-16-18)6-11(8-15-13)17-12(19)4-3-5-14/h6-9H,3-5H2,1-2H3,(H,17,19). The molecule has 0 aromatic carbocycles. The Bertz CT molecular complexity index is 579. The maximum Gasteiger partial charge on any atom is 0.224 e. The van der Waals surface area contributed by atoms with Crippen LogP contribution in [0.15, 0.2) is 18.5 Å². The van der Waals surface area contributed by atoms with Crippen molar-refractivity contribution in [3.05, 3.63) is 18.5 Å². The molecule has 0 unspecified atom stereocenters. The first-order chi connectivity index (χ1) is 9.11. The van der Waals surface area contributed by atoms with Gasteiger partial charge in [-0.15, -0.1) is 11.6 Å². The van der Waals surface area contributed by atoms with Crippen LogP contribution in [0.3, 0.4) is 0 Å². The molecule has 1 N–H and O–H groups in total. The van der Waals surface area contributed by atoms with E-state index in [-0.39, 0.29) is 11.9 Å². The largest absolute Gasteiger partial charge is 0.325 e. The zero-order chi connectivity index (χ0) is 13.8. The lowest BCUT2D eigenvalue weighted by Gasteiger charge is -2.07. The summed E-state index contributed by atoms with van der Waals surface area (Å²) in [6, 6.07) is 2.14. The lowest BCUT2D eigenvalue weighted by molar-refractivity contribution is -0.116. The van der Waals surface area contributed by atoms with E-state index in [1.807, 2.05) is 10.7 Å². The van der Waals surface area contributed by atoms with Crippen molar-refractivity contribution in [2.24, 2.45) is 0 Å². The van der Waals surface area contributed by atoms with Crippen LogP contribution in [0.5, 0.6) is 0 Å². The molecule has 0 aliphatic heterocycles. The van der Waals surface area contributed by atoms with E-state index in [0.29, 0.717) is 24.4 Å². The molecule has 2 rings (SSSR count). The number of carbonyl (C=O) groups is 1. The van der Waals surface area contributed by atoms with Gasteiger partial charge in [-0.3, -0.25) is 4.79 Å². The van der Waals surface area contributed by atoms with E-state index in [4.69, 9.17) is 11.6 Å². The molecule has 1 amide bonds. The molecule has 2 aromatic heterocycles. The fourth-order valence-electron chi connectivity index (χ4n) is 1.84. The second-order valence-corrected chi connectivity index (χ2v) is 5.04. The third-order valence-corrected chi connectivity index (χ3v) is 3.01. The Hall–Kier alpha value is -1.62. The number of rotatable bonds is 5. The quantitative estimate of drug-likeness (QED) is 0.857. The molecule has 2 aromatic rings. The molecular formula is C13H17ClN4O. The molecule has 0 fully saturated rings. The number of hydrogen-bond acceptors (Lipinski definition) is 3. The summed E-state index contributed by atoms with van der Waals surface area (Å²) in [4.78, 5) is 16.0. The van der Waals surface area contributed by atoms with Crippen molar-refractivity contribution in [1.29, 1.82) is 0 Å². The van der Waals surface area contributed by atoms with Gasteiger partial charge in [0, 0.05) is 23.7 Å². The van der Waals surface area contributed by atoms with Crippen molar-refractivity contribution in [3.8, 4) is 0 Å². The summed E-state index contributed by atoms with van der Waals surface area (Å²) in [7, 11) is 0. The van der Waals surface area contributed by atoms with Gasteiger partial charge in [0.2, 0.25) is 5.91 Å². The lowest BCUT2D eigenvalue weighted by Crippen LogP contribution is -2.11. The molecule has 0 radical (unpaired) electrons. The smallest absolute Gasteiger partial charge is 0.224 e. The van der Waals surface area contributed by atoms with Gasteiger partial charge in [-0.05, 0) is 26.3 Å². The highest BCUT2D eigenvalue weighted by Crippen LogP contribution is 2.19. The molecule has 0 aliphatic rings. The molecule has 19 heavy (non-hydrogen) atoms. The van der Waals surface area contributed by atoms with E-state index < -0.39 is 0 Å². The van der Waals surface area contributed by atoms with Gasteiger partial charge in [0.15, 0.2) is 5.65 Å². The second kappa shape index (κ2) is 6.02. The molecule has 0 atom stereocenters. The highest BCUT2D eigenvalue weighted by molar-refractivity contribution is 6.18. The van der Waals surface area contributed by atoms with E-state index in [0.717, 1.165) is 11.0 Å². The highest BCUT2D eigenvalue weighted by Gasteiger charge is 2.09. The SMILES string of the molecule is CC(C)n1ncc2cc(NC(=O)CCCCl)cnc21. The fraction of sp³-hybridized carbons (Fsp3) is 0.462. The van der Waals surface area contributed by atoms with Crippen molar-refractivity contribution in [2.75, 3.05) is 11.2 Å². The van der Waals surface area contributed by atoms with Crippen molar-refractivity contribution >= 4 is 34.2 Å². The van der Waals surface area contributed by atoms with E-state index >= 15 is 0 Å². The summed E-state index contributed by atoms with van der Waals surface area (Å²) in [5, 5.41) is 8.02. The number of nitrogens with one attached hydrogen (secondary N) is 1. The van der Waals surface area contributed by atoms with Gasteiger partial charge in [-0.2, -0.15) is 5.10 Å². The van der Waals surface area contributed by atoms with Crippen molar-refractivity contribution in [2.45, 2.75) is 32.7 Å². The molecule has 6 heteroatoms. The average molecular weight is 281 g/mol. The van der Waals surface area contributed by atoms with Crippen molar-refractivity contribution in [1.82, 2.24) is 14.8 Å². The van der Waals surface area contributed by atoms with Crippen LogP contribution in [0.4, 0.5) is 5.69 Å². The number of anilines is 1. The molecule has 0 saturated heterocycles. The first-order valence-corrected chi connectivity index (χ1v) is 6.84. The Balaban J connectivity index is 2.16. The van der Waals surface area contributed by atoms with Gasteiger partial charge in [-0.1, -0.05) is 0 Å². The van der Waals surface area contributed by atoms with Crippen LogP contribution in [0.1, 0.15) is 32.7 Å². The predicted octanol–water partition coefficient (Wildman–Crippen LogP) is 2.97. The number of fused-ring (bicyclic) bond motifs is 1. The number of pyridine rings is 1. The van der Waals surface area contributed by atoms with Gasteiger partial charge in [0.1, 0.15) is 0 Å². The van der Waals surface area contributed by atoms with E-state index in [2.05, 4.69) is 29.2 Å². The summed E-state index contributed by atoms with van der Waals surface area (Å²) in [5.41, 5.74) is 1.52. The van der Waals surface area contributed by atoms with Crippen molar-refractivity contribution in [3.63, 3.8) is 0 Å². The average Bonchev–Trinajstić information content (AvgIpc) is 2.79. The van der Waals surface area contributed by atoms with Gasteiger partial charge in [0.25, 0.3) is 0 Å². The number of hydrogen-bond donors (Lipinski definition) is 1. The Morgan fingerprint density at radius 2 is 2.26 bits per heavy atom. The number of amides is 1. The Kier molecular flexibility index (Phi) is 4.37. The Morgan fingerprint density at radius 3 is 2.95 bits per heavy atom. The zero-order valence-electron chi connectivity index (χ0n) is 11.1. The zero-order valence-corrected chi connectivity index (χ0v) is 11.8. The maximum absolute atomic E-state index is 11.6. The van der Waals surface area contributed by atoms with Crippen LogP contribution < -0.4 is 5.32 Å². The Morgan fingerprint density at radius 1 is 1.47 bits per heavy atom. The monoisotopic (exact) mass is 280 g/mol. The number of aromatic nitrogens is 3. The third-order valence-electron chi connectivity index (χ3n) is 2.74. The number of halogens is 1. The molecule has 0 saturated carbocycles. The van der Waals surface area contributed by atoms with Crippen LogP contribution in [0.2, 0.25) is 0 Å². The number of alkyl halides is 1. The van der Waals surface area contributed by atoms with Gasteiger partial charge in [-0.25, -0.2) is 9.67 Å².